The van der Waals surface area contributed by atoms with Gasteiger partial charge in [0.05, 0.1) is 0 Å². The molecule has 92 valence electrons. The number of rotatable bonds is 1. The second-order valence-electron chi connectivity index (χ2n) is 5.00. The molecule has 1 heterocycles. The molecule has 0 spiro atoms. The molecule has 4 rings (SSSR count). The lowest BCUT2D eigenvalue weighted by Gasteiger charge is -2.16. The summed E-state index contributed by atoms with van der Waals surface area (Å²) in [5, 5.41) is 0. The van der Waals surface area contributed by atoms with Crippen LogP contribution >= 0.6 is 0 Å². The van der Waals surface area contributed by atoms with Crippen molar-refractivity contribution in [3.63, 3.8) is 0 Å². The monoisotopic (exact) mass is 246 g/mol. The van der Waals surface area contributed by atoms with E-state index in [4.69, 9.17) is 4.74 Å². The Balaban J connectivity index is 1.72. The van der Waals surface area contributed by atoms with Gasteiger partial charge < -0.3 is 4.74 Å². The van der Waals surface area contributed by atoms with Gasteiger partial charge in [-0.25, -0.2) is 0 Å². The molecule has 0 fully saturated rings. The van der Waals surface area contributed by atoms with E-state index >= 15 is 0 Å². The summed E-state index contributed by atoms with van der Waals surface area (Å²) in [6.07, 6.45) is 5.52. The van der Waals surface area contributed by atoms with Gasteiger partial charge in [-0.15, -0.1) is 0 Å². The lowest BCUT2D eigenvalue weighted by molar-refractivity contribution is 0.426. The third-order valence-electron chi connectivity index (χ3n) is 3.84. The fraction of sp³-hybridized carbons (Fsp3) is 0.111. The first-order chi connectivity index (χ1) is 9.42. The first kappa shape index (κ1) is 10.6. The highest BCUT2D eigenvalue weighted by molar-refractivity contribution is 5.76. The standard InChI is InChI=1S/C18H14O/c1-2-6-13(7-3-1)14-10-11-16-15-8-4-5-9-17(15)19-18(16)12-14/h1-10,12,16H,11H2. The predicted molar refractivity (Wildman–Crippen MR) is 76.9 cm³/mol. The number of fused-ring (bicyclic) bond motifs is 3. The van der Waals surface area contributed by atoms with Crippen molar-refractivity contribution >= 4 is 5.57 Å². The Labute approximate surface area is 112 Å². The van der Waals surface area contributed by atoms with Gasteiger partial charge in [0.1, 0.15) is 11.5 Å². The van der Waals surface area contributed by atoms with Crippen molar-refractivity contribution in [2.24, 2.45) is 0 Å². The molecule has 1 heteroatoms. The minimum atomic E-state index is 0.406. The maximum absolute atomic E-state index is 5.98. The van der Waals surface area contributed by atoms with Crippen molar-refractivity contribution in [3.05, 3.63) is 83.6 Å². The number of hydrogen-bond acceptors (Lipinski definition) is 1. The number of hydrogen-bond donors (Lipinski definition) is 0. The molecule has 0 saturated heterocycles. The van der Waals surface area contributed by atoms with Crippen LogP contribution in [0.15, 0.2) is 72.5 Å². The summed E-state index contributed by atoms with van der Waals surface area (Å²) in [4.78, 5) is 0. The van der Waals surface area contributed by atoms with E-state index in [0.29, 0.717) is 5.92 Å². The number of para-hydroxylation sites is 1. The van der Waals surface area contributed by atoms with Crippen LogP contribution in [0.25, 0.3) is 5.57 Å². The van der Waals surface area contributed by atoms with Gasteiger partial charge in [0.25, 0.3) is 0 Å². The molecule has 19 heavy (non-hydrogen) atoms. The Morgan fingerprint density at radius 2 is 1.68 bits per heavy atom. The molecular formula is C18H14O. The van der Waals surface area contributed by atoms with E-state index in [2.05, 4.69) is 54.6 Å². The molecule has 0 radical (unpaired) electrons. The van der Waals surface area contributed by atoms with Crippen molar-refractivity contribution in [1.82, 2.24) is 0 Å². The number of allylic oxidation sites excluding steroid dienone is 4. The van der Waals surface area contributed by atoms with Crippen LogP contribution in [0.5, 0.6) is 5.75 Å². The first-order valence-corrected chi connectivity index (χ1v) is 6.66. The summed E-state index contributed by atoms with van der Waals surface area (Å²) in [6.45, 7) is 0. The Morgan fingerprint density at radius 3 is 2.58 bits per heavy atom. The van der Waals surface area contributed by atoms with E-state index in [0.717, 1.165) is 17.9 Å². The maximum atomic E-state index is 5.98. The van der Waals surface area contributed by atoms with Crippen LogP contribution in [0.1, 0.15) is 23.5 Å². The van der Waals surface area contributed by atoms with E-state index < -0.39 is 0 Å². The molecule has 0 saturated carbocycles. The summed E-state index contributed by atoms with van der Waals surface area (Å²) in [5.74, 6) is 2.51. The Kier molecular flexibility index (Phi) is 2.31. The van der Waals surface area contributed by atoms with Crippen molar-refractivity contribution in [1.29, 1.82) is 0 Å². The summed E-state index contributed by atoms with van der Waals surface area (Å²) in [5.41, 5.74) is 3.84. The minimum Gasteiger partial charge on any atom is -0.461 e. The minimum absolute atomic E-state index is 0.406. The molecule has 1 aliphatic carbocycles. The van der Waals surface area contributed by atoms with E-state index in [9.17, 15) is 0 Å². The van der Waals surface area contributed by atoms with Crippen LogP contribution in [0.4, 0.5) is 0 Å². The quantitative estimate of drug-likeness (QED) is 0.718. The van der Waals surface area contributed by atoms with Gasteiger partial charge in [-0.05, 0) is 29.7 Å². The van der Waals surface area contributed by atoms with Crippen LogP contribution in [0, 0.1) is 0 Å². The van der Waals surface area contributed by atoms with Gasteiger partial charge in [0.15, 0.2) is 0 Å². The Bertz CT molecular complexity index is 680. The molecule has 0 aromatic heterocycles. The molecule has 0 bridgehead atoms. The summed E-state index contributed by atoms with van der Waals surface area (Å²) in [6, 6.07) is 18.8. The van der Waals surface area contributed by atoms with Crippen molar-refractivity contribution in [2.45, 2.75) is 12.3 Å². The van der Waals surface area contributed by atoms with Crippen molar-refractivity contribution in [2.75, 3.05) is 0 Å². The lowest BCUT2D eigenvalue weighted by atomic mass is 9.88. The van der Waals surface area contributed by atoms with Crippen molar-refractivity contribution < 1.29 is 4.74 Å². The van der Waals surface area contributed by atoms with Gasteiger partial charge in [0, 0.05) is 11.5 Å². The second kappa shape index (κ2) is 4.13. The van der Waals surface area contributed by atoms with E-state index in [1.54, 1.807) is 0 Å². The Hall–Kier alpha value is -2.28. The zero-order valence-electron chi connectivity index (χ0n) is 10.5. The summed E-state index contributed by atoms with van der Waals surface area (Å²) in [7, 11) is 0. The first-order valence-electron chi connectivity index (χ1n) is 6.66. The van der Waals surface area contributed by atoms with Crippen molar-refractivity contribution in [3.8, 4) is 5.75 Å². The predicted octanol–water partition coefficient (Wildman–Crippen LogP) is 4.53. The molecule has 0 N–H and O–H groups in total. The average molecular weight is 246 g/mol. The van der Waals surface area contributed by atoms with Gasteiger partial charge in [-0.3, -0.25) is 0 Å². The third kappa shape index (κ3) is 1.70. The van der Waals surface area contributed by atoms with E-state index in [-0.39, 0.29) is 0 Å². The fourth-order valence-electron chi connectivity index (χ4n) is 2.87. The molecule has 1 aliphatic heterocycles. The van der Waals surface area contributed by atoms with Gasteiger partial charge in [-0.1, -0.05) is 54.6 Å². The molecule has 2 aromatic carbocycles. The zero-order valence-corrected chi connectivity index (χ0v) is 10.5. The van der Waals surface area contributed by atoms with Crippen LogP contribution in [-0.2, 0) is 0 Å². The number of ether oxygens (including phenoxy) is 1. The van der Waals surface area contributed by atoms with Crippen LogP contribution in [-0.4, -0.2) is 0 Å². The van der Waals surface area contributed by atoms with Crippen LogP contribution in [0.2, 0.25) is 0 Å². The normalized spacial score (nSPS) is 19.9. The number of benzene rings is 2. The highest BCUT2D eigenvalue weighted by Crippen LogP contribution is 2.46. The molecule has 2 aliphatic rings. The van der Waals surface area contributed by atoms with Crippen LogP contribution < -0.4 is 4.74 Å². The average Bonchev–Trinajstić information content (AvgIpc) is 2.86. The van der Waals surface area contributed by atoms with Gasteiger partial charge in [-0.2, -0.15) is 0 Å². The molecule has 1 atom stereocenters. The molecule has 1 unspecified atom stereocenters. The molecule has 1 nitrogen and oxygen atoms in total. The summed E-state index contributed by atoms with van der Waals surface area (Å²) >= 11 is 0. The fourth-order valence-corrected chi connectivity index (χ4v) is 2.87. The lowest BCUT2D eigenvalue weighted by Crippen LogP contribution is -2.03. The largest absolute Gasteiger partial charge is 0.461 e. The highest BCUT2D eigenvalue weighted by Gasteiger charge is 2.30. The summed E-state index contributed by atoms with van der Waals surface area (Å²) < 4.78 is 5.98. The topological polar surface area (TPSA) is 9.23 Å². The van der Waals surface area contributed by atoms with E-state index in [1.807, 2.05) is 12.1 Å². The second-order valence-corrected chi connectivity index (χ2v) is 5.00. The highest BCUT2D eigenvalue weighted by atomic mass is 16.5. The van der Waals surface area contributed by atoms with E-state index in [1.165, 1.54) is 16.7 Å². The third-order valence-corrected chi connectivity index (χ3v) is 3.84. The molecular weight excluding hydrogens is 232 g/mol. The van der Waals surface area contributed by atoms with Gasteiger partial charge in [0.2, 0.25) is 0 Å². The van der Waals surface area contributed by atoms with Gasteiger partial charge >= 0.3 is 0 Å². The van der Waals surface area contributed by atoms with Crippen LogP contribution in [0.3, 0.4) is 0 Å². The zero-order chi connectivity index (χ0) is 12.7. The molecule has 2 aromatic rings. The molecule has 0 amide bonds. The SMILES string of the molecule is C1=C(c2ccccc2)C=C2Oc3ccccc3C2C1. The smallest absolute Gasteiger partial charge is 0.130 e. The Morgan fingerprint density at radius 1 is 0.895 bits per heavy atom. The maximum Gasteiger partial charge on any atom is 0.130 e.